The number of ether oxygens (including phenoxy) is 2. The second-order valence-electron chi connectivity index (χ2n) is 4.35. The molecule has 20 heavy (non-hydrogen) atoms. The van der Waals surface area contributed by atoms with Gasteiger partial charge in [-0.25, -0.2) is 9.48 Å². The summed E-state index contributed by atoms with van der Waals surface area (Å²) in [6, 6.07) is 9.45. The van der Waals surface area contributed by atoms with Gasteiger partial charge in [0, 0.05) is 13.5 Å². The minimum Gasteiger partial charge on any atom is -0.461 e. The number of esters is 1. The van der Waals surface area contributed by atoms with Crippen molar-refractivity contribution in [3.63, 3.8) is 0 Å². The predicted octanol–water partition coefficient (Wildman–Crippen LogP) is 1.85. The standard InChI is InChI=1S/C14H17N3O3/c1-11(19-2)8-9-20-14(18)13-10-17(16-15-13)12-6-4-3-5-7-12/h3-7,10-11H,8-9H2,1-2H3. The zero-order valence-corrected chi connectivity index (χ0v) is 11.5. The maximum Gasteiger partial charge on any atom is 0.360 e. The molecule has 0 radical (unpaired) electrons. The van der Waals surface area contributed by atoms with Gasteiger partial charge in [-0.2, -0.15) is 0 Å². The summed E-state index contributed by atoms with van der Waals surface area (Å²) in [7, 11) is 1.62. The van der Waals surface area contributed by atoms with Crippen LogP contribution in [0.1, 0.15) is 23.8 Å². The molecule has 0 fully saturated rings. The van der Waals surface area contributed by atoms with Crippen molar-refractivity contribution in [1.29, 1.82) is 0 Å². The van der Waals surface area contributed by atoms with Crippen LogP contribution in [-0.2, 0) is 9.47 Å². The van der Waals surface area contributed by atoms with E-state index in [-0.39, 0.29) is 11.8 Å². The lowest BCUT2D eigenvalue weighted by molar-refractivity contribution is 0.0385. The van der Waals surface area contributed by atoms with Crippen LogP contribution < -0.4 is 0 Å². The molecule has 6 nitrogen and oxygen atoms in total. The van der Waals surface area contributed by atoms with E-state index in [2.05, 4.69) is 10.3 Å². The molecule has 0 aliphatic rings. The molecular weight excluding hydrogens is 258 g/mol. The van der Waals surface area contributed by atoms with Crippen molar-refractivity contribution in [3.05, 3.63) is 42.2 Å². The molecule has 0 N–H and O–H groups in total. The fourth-order valence-electron chi connectivity index (χ4n) is 1.57. The first kappa shape index (κ1) is 14.2. The van der Waals surface area contributed by atoms with Gasteiger partial charge < -0.3 is 9.47 Å². The predicted molar refractivity (Wildman–Crippen MR) is 72.7 cm³/mol. The molecular formula is C14H17N3O3. The Balaban J connectivity index is 1.93. The van der Waals surface area contributed by atoms with Crippen LogP contribution >= 0.6 is 0 Å². The highest BCUT2D eigenvalue weighted by Gasteiger charge is 2.13. The second kappa shape index (κ2) is 6.81. The van der Waals surface area contributed by atoms with Crippen LogP contribution in [0.2, 0.25) is 0 Å². The van der Waals surface area contributed by atoms with E-state index >= 15 is 0 Å². The van der Waals surface area contributed by atoms with E-state index in [4.69, 9.17) is 9.47 Å². The number of nitrogens with zero attached hydrogens (tertiary/aromatic N) is 3. The van der Waals surface area contributed by atoms with E-state index < -0.39 is 5.97 Å². The highest BCUT2D eigenvalue weighted by atomic mass is 16.5. The summed E-state index contributed by atoms with van der Waals surface area (Å²) in [5, 5.41) is 7.73. The first-order valence-corrected chi connectivity index (χ1v) is 6.38. The number of hydrogen-bond donors (Lipinski definition) is 0. The van der Waals surface area contributed by atoms with Gasteiger partial charge in [0.2, 0.25) is 0 Å². The van der Waals surface area contributed by atoms with Crippen molar-refractivity contribution >= 4 is 5.97 Å². The third kappa shape index (κ3) is 3.64. The van der Waals surface area contributed by atoms with Crippen LogP contribution in [0.5, 0.6) is 0 Å². The Bertz CT molecular complexity index is 554. The van der Waals surface area contributed by atoms with Gasteiger partial charge >= 0.3 is 5.97 Å². The molecule has 2 aromatic rings. The Hall–Kier alpha value is -2.21. The van der Waals surface area contributed by atoms with Crippen molar-refractivity contribution in [2.24, 2.45) is 0 Å². The van der Waals surface area contributed by atoms with E-state index in [0.717, 1.165) is 5.69 Å². The minimum absolute atomic E-state index is 0.0581. The number of carbonyl (C=O) groups is 1. The molecule has 2 rings (SSSR count). The molecule has 6 heteroatoms. The van der Waals surface area contributed by atoms with Crippen molar-refractivity contribution in [2.45, 2.75) is 19.4 Å². The monoisotopic (exact) mass is 275 g/mol. The third-order valence-corrected chi connectivity index (χ3v) is 2.88. The van der Waals surface area contributed by atoms with Gasteiger partial charge in [0.05, 0.1) is 24.6 Å². The van der Waals surface area contributed by atoms with Crippen LogP contribution in [0.4, 0.5) is 0 Å². The number of carbonyl (C=O) groups excluding carboxylic acids is 1. The number of rotatable bonds is 6. The molecule has 0 spiro atoms. The van der Waals surface area contributed by atoms with Crippen molar-refractivity contribution in [1.82, 2.24) is 15.0 Å². The maximum atomic E-state index is 11.8. The zero-order chi connectivity index (χ0) is 14.4. The number of benzene rings is 1. The Labute approximate surface area is 117 Å². The fraction of sp³-hybridized carbons (Fsp3) is 0.357. The van der Waals surface area contributed by atoms with Crippen LogP contribution in [-0.4, -0.2) is 40.8 Å². The third-order valence-electron chi connectivity index (χ3n) is 2.88. The quantitative estimate of drug-likeness (QED) is 0.753. The fourth-order valence-corrected chi connectivity index (χ4v) is 1.57. The first-order valence-electron chi connectivity index (χ1n) is 6.38. The summed E-state index contributed by atoms with van der Waals surface area (Å²) in [6.07, 6.45) is 2.26. The first-order chi connectivity index (χ1) is 9.70. The molecule has 1 unspecified atom stereocenters. The second-order valence-corrected chi connectivity index (χ2v) is 4.35. The Morgan fingerprint density at radius 1 is 1.35 bits per heavy atom. The average molecular weight is 275 g/mol. The SMILES string of the molecule is COC(C)CCOC(=O)c1cn(-c2ccccc2)nn1. The number of para-hydroxylation sites is 1. The van der Waals surface area contributed by atoms with Gasteiger partial charge in [-0.3, -0.25) is 0 Å². The molecule has 1 aromatic heterocycles. The molecule has 1 heterocycles. The maximum absolute atomic E-state index is 11.8. The van der Waals surface area contributed by atoms with E-state index in [0.29, 0.717) is 13.0 Å². The van der Waals surface area contributed by atoms with E-state index in [9.17, 15) is 4.79 Å². The zero-order valence-electron chi connectivity index (χ0n) is 11.5. The number of hydrogen-bond acceptors (Lipinski definition) is 5. The van der Waals surface area contributed by atoms with E-state index in [1.165, 1.54) is 4.68 Å². The highest BCUT2D eigenvalue weighted by molar-refractivity contribution is 5.86. The summed E-state index contributed by atoms with van der Waals surface area (Å²) < 4.78 is 11.7. The largest absolute Gasteiger partial charge is 0.461 e. The summed E-state index contributed by atoms with van der Waals surface area (Å²) in [5.41, 5.74) is 1.03. The lowest BCUT2D eigenvalue weighted by Crippen LogP contribution is -2.13. The Morgan fingerprint density at radius 2 is 2.10 bits per heavy atom. The van der Waals surface area contributed by atoms with Crippen molar-refractivity contribution in [2.75, 3.05) is 13.7 Å². The lowest BCUT2D eigenvalue weighted by Gasteiger charge is -2.08. The number of aromatic nitrogens is 3. The van der Waals surface area contributed by atoms with E-state index in [1.54, 1.807) is 13.3 Å². The van der Waals surface area contributed by atoms with Crippen LogP contribution in [0, 0.1) is 0 Å². The van der Waals surface area contributed by atoms with Gasteiger partial charge in [0.15, 0.2) is 5.69 Å². The van der Waals surface area contributed by atoms with Gasteiger partial charge in [0.1, 0.15) is 0 Å². The minimum atomic E-state index is -0.476. The summed E-state index contributed by atoms with van der Waals surface area (Å²) in [6.45, 7) is 2.21. The smallest absolute Gasteiger partial charge is 0.360 e. The van der Waals surface area contributed by atoms with Crippen molar-refractivity contribution < 1.29 is 14.3 Å². The van der Waals surface area contributed by atoms with Crippen LogP contribution in [0.15, 0.2) is 36.5 Å². The molecule has 1 atom stereocenters. The number of methoxy groups -OCH3 is 1. The summed E-state index contributed by atoms with van der Waals surface area (Å²) in [5.74, 6) is -0.476. The molecule has 0 aliphatic heterocycles. The van der Waals surface area contributed by atoms with E-state index in [1.807, 2.05) is 37.3 Å². The van der Waals surface area contributed by atoms with Gasteiger partial charge in [-0.1, -0.05) is 23.4 Å². The Kier molecular flexibility index (Phi) is 4.84. The average Bonchev–Trinajstić information content (AvgIpc) is 2.97. The highest BCUT2D eigenvalue weighted by Crippen LogP contribution is 2.07. The summed E-state index contributed by atoms with van der Waals surface area (Å²) in [4.78, 5) is 11.8. The van der Waals surface area contributed by atoms with Gasteiger partial charge in [-0.15, -0.1) is 5.10 Å². The lowest BCUT2D eigenvalue weighted by atomic mass is 10.3. The molecule has 0 aliphatic carbocycles. The summed E-state index contributed by atoms with van der Waals surface area (Å²) >= 11 is 0. The van der Waals surface area contributed by atoms with Crippen LogP contribution in [0.25, 0.3) is 5.69 Å². The Morgan fingerprint density at radius 3 is 2.80 bits per heavy atom. The molecule has 106 valence electrons. The molecule has 1 aromatic carbocycles. The molecule has 0 saturated heterocycles. The van der Waals surface area contributed by atoms with Gasteiger partial charge in [-0.05, 0) is 19.1 Å². The molecule has 0 amide bonds. The van der Waals surface area contributed by atoms with Crippen molar-refractivity contribution in [3.8, 4) is 5.69 Å². The molecule has 0 bridgehead atoms. The van der Waals surface area contributed by atoms with Crippen LogP contribution in [0.3, 0.4) is 0 Å². The molecule has 0 saturated carbocycles. The van der Waals surface area contributed by atoms with Gasteiger partial charge in [0.25, 0.3) is 0 Å². The topological polar surface area (TPSA) is 66.2 Å². The normalized spacial score (nSPS) is 12.1.